The van der Waals surface area contributed by atoms with Crippen molar-refractivity contribution in [2.24, 2.45) is 16.7 Å². The minimum absolute atomic E-state index is 0.179. The van der Waals surface area contributed by atoms with Gasteiger partial charge in [0.2, 0.25) is 0 Å². The van der Waals surface area contributed by atoms with Crippen LogP contribution in [0, 0.1) is 16.7 Å². The molecular formula is C18H35NO. The van der Waals surface area contributed by atoms with Crippen molar-refractivity contribution in [2.75, 3.05) is 13.2 Å². The van der Waals surface area contributed by atoms with Gasteiger partial charge in [0, 0.05) is 24.6 Å². The van der Waals surface area contributed by atoms with E-state index >= 15 is 0 Å². The van der Waals surface area contributed by atoms with Crippen molar-refractivity contribution >= 4 is 0 Å². The van der Waals surface area contributed by atoms with Crippen LogP contribution in [0.4, 0.5) is 0 Å². The van der Waals surface area contributed by atoms with Crippen LogP contribution in [0.25, 0.3) is 0 Å². The van der Waals surface area contributed by atoms with Crippen LogP contribution in [-0.4, -0.2) is 24.3 Å². The molecule has 2 atom stereocenters. The van der Waals surface area contributed by atoms with Crippen molar-refractivity contribution in [1.29, 1.82) is 0 Å². The molecule has 2 aliphatic rings. The van der Waals surface area contributed by atoms with E-state index in [1.165, 1.54) is 57.8 Å². The molecule has 0 aromatic heterocycles. The third-order valence-corrected chi connectivity index (χ3v) is 5.87. The lowest BCUT2D eigenvalue weighted by Crippen LogP contribution is -2.49. The average molecular weight is 281 g/mol. The summed E-state index contributed by atoms with van der Waals surface area (Å²) >= 11 is 0. The van der Waals surface area contributed by atoms with Crippen molar-refractivity contribution in [3.05, 3.63) is 0 Å². The molecule has 2 aliphatic carbocycles. The highest BCUT2D eigenvalue weighted by molar-refractivity contribution is 4.91. The number of nitrogens with one attached hydrogen (secondary N) is 1. The minimum Gasteiger partial charge on any atom is -0.396 e. The minimum atomic E-state index is 0.179. The fraction of sp³-hybridized carbons (Fsp3) is 1.00. The normalized spacial score (nSPS) is 31.2. The van der Waals surface area contributed by atoms with E-state index in [0.717, 1.165) is 12.5 Å². The van der Waals surface area contributed by atoms with Crippen LogP contribution in [0.5, 0.6) is 0 Å². The van der Waals surface area contributed by atoms with Crippen molar-refractivity contribution in [2.45, 2.75) is 84.6 Å². The predicted octanol–water partition coefficient (Wildman–Crippen LogP) is 4.12. The summed E-state index contributed by atoms with van der Waals surface area (Å²) < 4.78 is 0. The fourth-order valence-electron chi connectivity index (χ4n) is 4.45. The monoisotopic (exact) mass is 281 g/mol. The Morgan fingerprint density at radius 3 is 2.25 bits per heavy atom. The Labute approximate surface area is 125 Å². The Balaban J connectivity index is 1.93. The summed E-state index contributed by atoms with van der Waals surface area (Å²) in [4.78, 5) is 0. The van der Waals surface area contributed by atoms with Crippen molar-refractivity contribution < 1.29 is 5.11 Å². The van der Waals surface area contributed by atoms with E-state index < -0.39 is 0 Å². The Kier molecular flexibility index (Phi) is 5.53. The van der Waals surface area contributed by atoms with Crippen LogP contribution in [0.15, 0.2) is 0 Å². The lowest BCUT2D eigenvalue weighted by atomic mass is 9.69. The predicted molar refractivity (Wildman–Crippen MR) is 85.8 cm³/mol. The summed E-state index contributed by atoms with van der Waals surface area (Å²) in [5.41, 5.74) is 0.579. The van der Waals surface area contributed by atoms with E-state index in [9.17, 15) is 5.11 Å². The molecule has 2 unspecified atom stereocenters. The zero-order valence-corrected chi connectivity index (χ0v) is 13.9. The zero-order chi connectivity index (χ0) is 14.6. The van der Waals surface area contributed by atoms with Gasteiger partial charge in [-0.15, -0.1) is 0 Å². The van der Waals surface area contributed by atoms with Crippen LogP contribution in [0.3, 0.4) is 0 Å². The molecule has 0 amide bonds. The van der Waals surface area contributed by atoms with Gasteiger partial charge in [-0.25, -0.2) is 0 Å². The van der Waals surface area contributed by atoms with Gasteiger partial charge in [0.25, 0.3) is 0 Å². The molecule has 0 radical (unpaired) electrons. The van der Waals surface area contributed by atoms with Gasteiger partial charge in [-0.2, -0.15) is 0 Å². The molecule has 2 fully saturated rings. The summed E-state index contributed by atoms with van der Waals surface area (Å²) in [7, 11) is 0. The van der Waals surface area contributed by atoms with Crippen molar-refractivity contribution in [3.8, 4) is 0 Å². The second-order valence-corrected chi connectivity index (χ2v) is 8.46. The molecule has 0 heterocycles. The first-order valence-electron chi connectivity index (χ1n) is 8.81. The molecule has 0 saturated heterocycles. The summed E-state index contributed by atoms with van der Waals surface area (Å²) in [6.07, 6.45) is 11.8. The summed E-state index contributed by atoms with van der Waals surface area (Å²) in [6.45, 7) is 8.56. The molecule has 2 saturated carbocycles. The maximum absolute atomic E-state index is 9.86. The van der Waals surface area contributed by atoms with E-state index in [1.54, 1.807) is 0 Å². The molecule has 0 spiro atoms. The van der Waals surface area contributed by atoms with Crippen LogP contribution in [-0.2, 0) is 0 Å². The van der Waals surface area contributed by atoms with E-state index in [1.807, 2.05) is 0 Å². The first kappa shape index (κ1) is 16.3. The third kappa shape index (κ3) is 3.98. The average Bonchev–Trinajstić information content (AvgIpc) is 2.45. The lowest BCUT2D eigenvalue weighted by molar-refractivity contribution is 0.0620. The summed E-state index contributed by atoms with van der Waals surface area (Å²) in [5, 5.41) is 13.7. The van der Waals surface area contributed by atoms with E-state index in [4.69, 9.17) is 0 Å². The standard InChI is InChI=1S/C18H35NO/c1-17(2,3)15-9-5-6-10-16(15)19-13-18(14-20)11-7-4-8-12-18/h15-16,19-20H,4-14H2,1-3H3. The van der Waals surface area contributed by atoms with Crippen LogP contribution >= 0.6 is 0 Å². The van der Waals surface area contributed by atoms with Gasteiger partial charge in [-0.05, 0) is 37.0 Å². The summed E-state index contributed by atoms with van der Waals surface area (Å²) in [5.74, 6) is 0.788. The van der Waals surface area contributed by atoms with Crippen molar-refractivity contribution in [3.63, 3.8) is 0 Å². The Morgan fingerprint density at radius 2 is 1.65 bits per heavy atom. The van der Waals surface area contributed by atoms with Gasteiger partial charge < -0.3 is 10.4 Å². The molecule has 20 heavy (non-hydrogen) atoms. The Morgan fingerprint density at radius 1 is 1.00 bits per heavy atom. The molecule has 0 bridgehead atoms. The van der Waals surface area contributed by atoms with Gasteiger partial charge in [0.15, 0.2) is 0 Å². The highest BCUT2D eigenvalue weighted by atomic mass is 16.3. The van der Waals surface area contributed by atoms with Gasteiger partial charge in [0.05, 0.1) is 0 Å². The van der Waals surface area contributed by atoms with E-state index in [-0.39, 0.29) is 5.41 Å². The smallest absolute Gasteiger partial charge is 0.0499 e. The molecule has 0 aromatic carbocycles. The molecule has 118 valence electrons. The third-order valence-electron chi connectivity index (χ3n) is 5.87. The lowest BCUT2D eigenvalue weighted by Gasteiger charge is -2.43. The number of aliphatic hydroxyl groups excluding tert-OH is 1. The Hall–Kier alpha value is -0.0800. The molecule has 2 N–H and O–H groups in total. The van der Waals surface area contributed by atoms with E-state index in [2.05, 4.69) is 26.1 Å². The molecule has 0 aliphatic heterocycles. The second-order valence-electron chi connectivity index (χ2n) is 8.46. The molecular weight excluding hydrogens is 246 g/mol. The van der Waals surface area contributed by atoms with Crippen molar-refractivity contribution in [1.82, 2.24) is 5.32 Å². The van der Waals surface area contributed by atoms with E-state index in [0.29, 0.717) is 18.1 Å². The second kappa shape index (κ2) is 6.79. The number of hydrogen-bond donors (Lipinski definition) is 2. The molecule has 2 rings (SSSR count). The first-order chi connectivity index (χ1) is 9.47. The van der Waals surface area contributed by atoms with Crippen LogP contribution in [0.2, 0.25) is 0 Å². The first-order valence-corrected chi connectivity index (χ1v) is 8.81. The largest absolute Gasteiger partial charge is 0.396 e. The maximum Gasteiger partial charge on any atom is 0.0499 e. The van der Waals surface area contributed by atoms with Crippen LogP contribution in [0.1, 0.15) is 78.6 Å². The molecule has 2 heteroatoms. The topological polar surface area (TPSA) is 32.3 Å². The zero-order valence-electron chi connectivity index (χ0n) is 13.9. The molecule has 0 aromatic rings. The molecule has 2 nitrogen and oxygen atoms in total. The van der Waals surface area contributed by atoms with Crippen LogP contribution < -0.4 is 5.32 Å². The highest BCUT2D eigenvalue weighted by Gasteiger charge is 2.37. The quantitative estimate of drug-likeness (QED) is 0.812. The number of hydrogen-bond acceptors (Lipinski definition) is 2. The maximum atomic E-state index is 9.86. The number of aliphatic hydroxyl groups is 1. The van der Waals surface area contributed by atoms with Gasteiger partial charge >= 0.3 is 0 Å². The van der Waals surface area contributed by atoms with Gasteiger partial charge in [-0.3, -0.25) is 0 Å². The van der Waals surface area contributed by atoms with Gasteiger partial charge in [0.1, 0.15) is 0 Å². The Bertz CT molecular complexity index is 288. The highest BCUT2D eigenvalue weighted by Crippen LogP contribution is 2.40. The fourth-order valence-corrected chi connectivity index (χ4v) is 4.45. The SMILES string of the molecule is CC(C)(C)C1CCCCC1NCC1(CO)CCCCC1. The number of rotatable bonds is 4. The summed E-state index contributed by atoms with van der Waals surface area (Å²) in [6, 6.07) is 0.661. The van der Waals surface area contributed by atoms with Gasteiger partial charge in [-0.1, -0.05) is 52.9 Å².